The summed E-state index contributed by atoms with van der Waals surface area (Å²) in [5, 5.41) is 5.17. The Hall–Kier alpha value is -3.15. The van der Waals surface area contributed by atoms with Gasteiger partial charge in [-0.1, -0.05) is 18.2 Å². The summed E-state index contributed by atoms with van der Waals surface area (Å²) in [6.07, 6.45) is 0. The number of nitrogens with one attached hydrogen (secondary N) is 2. The molecule has 0 saturated heterocycles. The molecular weight excluding hydrogens is 306 g/mol. The number of fused-ring (bicyclic) bond motifs is 1. The average Bonchev–Trinajstić information content (AvgIpc) is 2.90. The number of hydrogen-bond donors (Lipinski definition) is 2. The first-order valence-corrected chi connectivity index (χ1v) is 7.50. The second kappa shape index (κ2) is 6.16. The molecule has 2 aromatic carbocycles. The van der Waals surface area contributed by atoms with Gasteiger partial charge in [-0.15, -0.1) is 0 Å². The summed E-state index contributed by atoms with van der Waals surface area (Å²) in [7, 11) is 3.82. The van der Waals surface area contributed by atoms with Crippen LogP contribution < -0.4 is 15.5 Å². The Morgan fingerprint density at radius 2 is 1.71 bits per heavy atom. The van der Waals surface area contributed by atoms with E-state index in [9.17, 15) is 14.4 Å². The second-order valence-electron chi connectivity index (χ2n) is 5.77. The lowest BCUT2D eigenvalue weighted by Gasteiger charge is -2.13. The van der Waals surface area contributed by atoms with Gasteiger partial charge in [0.25, 0.3) is 5.91 Å². The van der Waals surface area contributed by atoms with Crippen molar-refractivity contribution < 1.29 is 14.4 Å². The van der Waals surface area contributed by atoms with Crippen LogP contribution in [0.2, 0.25) is 0 Å². The molecule has 0 spiro atoms. The van der Waals surface area contributed by atoms with Gasteiger partial charge in [0.05, 0.1) is 0 Å². The van der Waals surface area contributed by atoms with Crippen molar-refractivity contribution in [2.75, 3.05) is 29.6 Å². The van der Waals surface area contributed by atoms with E-state index in [2.05, 4.69) is 10.6 Å². The van der Waals surface area contributed by atoms with E-state index in [1.54, 1.807) is 36.4 Å². The molecule has 0 unspecified atom stereocenters. The van der Waals surface area contributed by atoms with Gasteiger partial charge in [-0.2, -0.15) is 0 Å². The minimum atomic E-state index is -1.10. The highest BCUT2D eigenvalue weighted by Crippen LogP contribution is 2.32. The van der Waals surface area contributed by atoms with E-state index in [4.69, 9.17) is 0 Å². The number of benzene rings is 2. The van der Waals surface area contributed by atoms with Gasteiger partial charge in [0, 0.05) is 31.2 Å². The first kappa shape index (κ1) is 15.7. The summed E-state index contributed by atoms with van der Waals surface area (Å²) < 4.78 is 0. The number of Topliss-reactive ketones (excluding diaryl/α,β-unsaturated/α-hetero) is 1. The monoisotopic (exact) mass is 323 g/mol. The van der Waals surface area contributed by atoms with Crippen molar-refractivity contribution in [1.29, 1.82) is 0 Å². The van der Waals surface area contributed by atoms with Crippen molar-refractivity contribution in [3.05, 3.63) is 54.1 Å². The Labute approximate surface area is 139 Å². The number of anilines is 3. The Balaban J connectivity index is 1.76. The minimum Gasteiger partial charge on any atom is -0.378 e. The summed E-state index contributed by atoms with van der Waals surface area (Å²) in [6.45, 7) is 0. The third-order valence-corrected chi connectivity index (χ3v) is 3.92. The fourth-order valence-electron chi connectivity index (χ4n) is 2.64. The largest absolute Gasteiger partial charge is 0.378 e. The number of nitrogens with zero attached hydrogens (tertiary/aromatic N) is 1. The summed E-state index contributed by atoms with van der Waals surface area (Å²) >= 11 is 0. The zero-order valence-corrected chi connectivity index (χ0v) is 13.4. The average molecular weight is 323 g/mol. The highest BCUT2D eigenvalue weighted by molar-refractivity contribution is 6.47. The van der Waals surface area contributed by atoms with Crippen LogP contribution >= 0.6 is 0 Å². The van der Waals surface area contributed by atoms with E-state index in [0.717, 1.165) is 5.69 Å². The maximum absolute atomic E-state index is 12.4. The van der Waals surface area contributed by atoms with E-state index in [1.165, 1.54) is 0 Å². The molecular formula is C18H17N3O3. The molecule has 1 atom stereocenters. The first-order chi connectivity index (χ1) is 11.5. The maximum atomic E-state index is 12.4. The lowest BCUT2D eigenvalue weighted by atomic mass is 9.95. The molecule has 1 aliphatic heterocycles. The van der Waals surface area contributed by atoms with Gasteiger partial charge in [-0.25, -0.2) is 0 Å². The number of amides is 2. The van der Waals surface area contributed by atoms with E-state index in [1.807, 2.05) is 31.1 Å². The van der Waals surface area contributed by atoms with Gasteiger partial charge >= 0.3 is 0 Å². The normalized spacial score (nSPS) is 15.4. The van der Waals surface area contributed by atoms with Gasteiger partial charge < -0.3 is 15.5 Å². The quantitative estimate of drug-likeness (QED) is 0.666. The molecule has 0 saturated carbocycles. The second-order valence-corrected chi connectivity index (χ2v) is 5.77. The molecule has 2 aromatic rings. The highest BCUT2D eigenvalue weighted by atomic mass is 16.2. The molecule has 6 nitrogen and oxygen atoms in total. The van der Waals surface area contributed by atoms with Crippen molar-refractivity contribution >= 4 is 34.7 Å². The topological polar surface area (TPSA) is 78.5 Å². The molecule has 24 heavy (non-hydrogen) atoms. The SMILES string of the molecule is CN(C)c1ccc(NC(=O)C(=O)[C@H]2C(=O)Nc3ccccc32)cc1. The molecule has 0 bridgehead atoms. The molecule has 0 aromatic heterocycles. The fourth-order valence-corrected chi connectivity index (χ4v) is 2.64. The van der Waals surface area contributed by atoms with Crippen molar-refractivity contribution in [2.24, 2.45) is 0 Å². The van der Waals surface area contributed by atoms with Gasteiger partial charge in [-0.05, 0) is 35.9 Å². The third-order valence-electron chi connectivity index (χ3n) is 3.92. The Morgan fingerprint density at radius 1 is 1.04 bits per heavy atom. The number of ketones is 1. The Morgan fingerprint density at radius 3 is 2.38 bits per heavy atom. The molecule has 6 heteroatoms. The molecule has 0 radical (unpaired) electrons. The van der Waals surface area contributed by atoms with Crippen LogP contribution in [-0.4, -0.2) is 31.7 Å². The number of carbonyl (C=O) groups excluding carboxylic acids is 3. The molecule has 2 amide bonds. The van der Waals surface area contributed by atoms with Crippen molar-refractivity contribution in [3.63, 3.8) is 0 Å². The highest BCUT2D eigenvalue weighted by Gasteiger charge is 2.39. The number of carbonyl (C=O) groups is 3. The van der Waals surface area contributed by atoms with Crippen LogP contribution in [-0.2, 0) is 14.4 Å². The molecule has 1 aliphatic rings. The van der Waals surface area contributed by atoms with Crippen LogP contribution in [0, 0.1) is 0 Å². The fraction of sp³-hybridized carbons (Fsp3) is 0.167. The summed E-state index contributed by atoms with van der Waals surface area (Å²) in [6, 6.07) is 14.0. The van der Waals surface area contributed by atoms with E-state index < -0.39 is 23.5 Å². The van der Waals surface area contributed by atoms with Gasteiger partial charge in [0.1, 0.15) is 5.92 Å². The summed E-state index contributed by atoms with van der Waals surface area (Å²) in [5.41, 5.74) is 2.59. The van der Waals surface area contributed by atoms with Crippen LogP contribution in [0.15, 0.2) is 48.5 Å². The number of para-hydroxylation sites is 1. The van der Waals surface area contributed by atoms with E-state index >= 15 is 0 Å². The molecule has 3 rings (SSSR count). The third kappa shape index (κ3) is 2.86. The van der Waals surface area contributed by atoms with Crippen LogP contribution in [0.1, 0.15) is 11.5 Å². The zero-order chi connectivity index (χ0) is 17.3. The van der Waals surface area contributed by atoms with Crippen LogP contribution in [0.3, 0.4) is 0 Å². The van der Waals surface area contributed by atoms with Crippen LogP contribution in [0.4, 0.5) is 17.1 Å². The zero-order valence-electron chi connectivity index (χ0n) is 13.4. The Bertz CT molecular complexity index is 813. The van der Waals surface area contributed by atoms with Crippen LogP contribution in [0.25, 0.3) is 0 Å². The van der Waals surface area contributed by atoms with Crippen molar-refractivity contribution in [2.45, 2.75) is 5.92 Å². The van der Waals surface area contributed by atoms with Crippen molar-refractivity contribution in [1.82, 2.24) is 0 Å². The number of rotatable bonds is 4. The summed E-state index contributed by atoms with van der Waals surface area (Å²) in [5.74, 6) is -3.14. The standard InChI is InChI=1S/C18H17N3O3/c1-21(2)12-9-7-11(8-10-12)19-18(24)16(22)15-13-5-3-4-6-14(13)20-17(15)23/h3-10,15H,1-2H3,(H,19,24)(H,20,23)/t15-/m0/s1. The lowest BCUT2D eigenvalue weighted by Crippen LogP contribution is -2.31. The predicted molar refractivity (Wildman–Crippen MR) is 92.2 cm³/mol. The van der Waals surface area contributed by atoms with E-state index in [0.29, 0.717) is 16.9 Å². The van der Waals surface area contributed by atoms with Crippen LogP contribution in [0.5, 0.6) is 0 Å². The molecule has 1 heterocycles. The predicted octanol–water partition coefficient (Wildman–Crippen LogP) is 2.00. The molecule has 0 aliphatic carbocycles. The first-order valence-electron chi connectivity index (χ1n) is 7.50. The smallest absolute Gasteiger partial charge is 0.292 e. The number of hydrogen-bond acceptors (Lipinski definition) is 4. The van der Waals surface area contributed by atoms with Crippen molar-refractivity contribution in [3.8, 4) is 0 Å². The molecule has 2 N–H and O–H groups in total. The maximum Gasteiger partial charge on any atom is 0.292 e. The summed E-state index contributed by atoms with van der Waals surface area (Å²) in [4.78, 5) is 38.6. The van der Waals surface area contributed by atoms with Gasteiger partial charge in [0.15, 0.2) is 0 Å². The lowest BCUT2D eigenvalue weighted by molar-refractivity contribution is -0.138. The van der Waals surface area contributed by atoms with E-state index in [-0.39, 0.29) is 0 Å². The molecule has 0 fully saturated rings. The molecule has 122 valence electrons. The Kier molecular flexibility index (Phi) is 4.04. The van der Waals surface area contributed by atoms with Gasteiger partial charge in [-0.3, -0.25) is 14.4 Å². The van der Waals surface area contributed by atoms with Gasteiger partial charge in [0.2, 0.25) is 11.7 Å². The minimum absolute atomic E-state index is 0.473.